The van der Waals surface area contributed by atoms with E-state index in [0.717, 1.165) is 38.2 Å². The van der Waals surface area contributed by atoms with E-state index in [1.807, 2.05) is 23.1 Å². The van der Waals surface area contributed by atoms with Gasteiger partial charge in [-0.25, -0.2) is 0 Å². The Labute approximate surface area is 170 Å². The summed E-state index contributed by atoms with van der Waals surface area (Å²) in [6, 6.07) is 14.3. The highest BCUT2D eigenvalue weighted by Gasteiger charge is 2.18. The predicted molar refractivity (Wildman–Crippen MR) is 114 cm³/mol. The van der Waals surface area contributed by atoms with Gasteiger partial charge in [0.05, 0.1) is 0 Å². The van der Waals surface area contributed by atoms with Crippen LogP contribution in [0.2, 0.25) is 0 Å². The fourth-order valence-corrected chi connectivity index (χ4v) is 3.26. The molecule has 1 saturated heterocycles. The lowest BCUT2D eigenvalue weighted by Crippen LogP contribution is -2.26. The maximum absolute atomic E-state index is 12.5. The van der Waals surface area contributed by atoms with Crippen LogP contribution in [-0.2, 0) is 9.59 Å². The van der Waals surface area contributed by atoms with Crippen molar-refractivity contribution in [2.75, 3.05) is 35.6 Å². The van der Waals surface area contributed by atoms with Gasteiger partial charge in [-0.15, -0.1) is 0 Å². The maximum Gasteiger partial charge on any atom is 0.255 e. The van der Waals surface area contributed by atoms with Crippen LogP contribution in [0.15, 0.2) is 48.5 Å². The van der Waals surface area contributed by atoms with E-state index in [1.54, 1.807) is 30.3 Å². The summed E-state index contributed by atoms with van der Waals surface area (Å²) >= 11 is 0. The molecule has 29 heavy (non-hydrogen) atoms. The van der Waals surface area contributed by atoms with Crippen molar-refractivity contribution in [3.63, 3.8) is 0 Å². The molecule has 2 aromatic rings. The number of carbonyl (C=O) groups excluding carboxylic acids is 3. The molecule has 3 amide bonds. The molecule has 7 nitrogen and oxygen atoms in total. The van der Waals surface area contributed by atoms with Crippen molar-refractivity contribution in [3.8, 4) is 0 Å². The molecular formula is C22H26N4O3. The number of amides is 3. The van der Waals surface area contributed by atoms with Crippen LogP contribution < -0.4 is 16.0 Å². The van der Waals surface area contributed by atoms with Crippen LogP contribution in [0.5, 0.6) is 0 Å². The van der Waals surface area contributed by atoms with Gasteiger partial charge in [0.1, 0.15) is 0 Å². The first-order valence-corrected chi connectivity index (χ1v) is 9.82. The molecule has 1 aliphatic heterocycles. The van der Waals surface area contributed by atoms with Crippen molar-refractivity contribution in [1.82, 2.24) is 4.90 Å². The number of anilines is 3. The van der Waals surface area contributed by atoms with Crippen molar-refractivity contribution >= 4 is 34.8 Å². The molecule has 0 atom stereocenters. The van der Waals surface area contributed by atoms with E-state index in [9.17, 15) is 14.4 Å². The van der Waals surface area contributed by atoms with Gasteiger partial charge in [-0.1, -0.05) is 6.07 Å². The summed E-state index contributed by atoms with van der Waals surface area (Å²) in [5.41, 5.74) is 2.75. The Morgan fingerprint density at radius 1 is 1.00 bits per heavy atom. The van der Waals surface area contributed by atoms with E-state index in [1.165, 1.54) is 6.92 Å². The Morgan fingerprint density at radius 3 is 2.38 bits per heavy atom. The first kappa shape index (κ1) is 20.4. The maximum atomic E-state index is 12.5. The van der Waals surface area contributed by atoms with Gasteiger partial charge in [-0.05, 0) is 55.3 Å². The fourth-order valence-electron chi connectivity index (χ4n) is 3.26. The number of nitrogens with zero attached hydrogens (tertiary/aromatic N) is 1. The van der Waals surface area contributed by atoms with Crippen molar-refractivity contribution < 1.29 is 14.4 Å². The van der Waals surface area contributed by atoms with Crippen LogP contribution in [-0.4, -0.2) is 42.3 Å². The Hall–Kier alpha value is -3.35. The number of carbonyl (C=O) groups is 3. The van der Waals surface area contributed by atoms with Crippen molar-refractivity contribution in [2.45, 2.75) is 26.2 Å². The summed E-state index contributed by atoms with van der Waals surface area (Å²) in [5.74, 6) is -0.101. The molecule has 0 bridgehead atoms. The van der Waals surface area contributed by atoms with Crippen LogP contribution in [0.3, 0.4) is 0 Å². The lowest BCUT2D eigenvalue weighted by molar-refractivity contribution is -0.127. The van der Waals surface area contributed by atoms with E-state index >= 15 is 0 Å². The lowest BCUT2D eigenvalue weighted by Gasteiger charge is -2.15. The predicted octanol–water partition coefficient (Wildman–Crippen LogP) is 3.32. The van der Waals surface area contributed by atoms with E-state index in [-0.39, 0.29) is 17.7 Å². The topological polar surface area (TPSA) is 90.5 Å². The molecule has 3 N–H and O–H groups in total. The molecule has 1 aliphatic rings. The molecule has 0 aromatic heterocycles. The molecule has 0 saturated carbocycles. The minimum Gasteiger partial charge on any atom is -0.385 e. The fraction of sp³-hybridized carbons (Fsp3) is 0.318. The average molecular weight is 394 g/mol. The molecule has 0 unspecified atom stereocenters. The molecule has 1 fully saturated rings. The summed E-state index contributed by atoms with van der Waals surface area (Å²) < 4.78 is 0. The van der Waals surface area contributed by atoms with Crippen LogP contribution in [0.25, 0.3) is 0 Å². The van der Waals surface area contributed by atoms with Crippen LogP contribution in [0, 0.1) is 0 Å². The van der Waals surface area contributed by atoms with Gasteiger partial charge in [0, 0.05) is 55.6 Å². The second-order valence-electron chi connectivity index (χ2n) is 7.06. The second kappa shape index (κ2) is 9.73. The van der Waals surface area contributed by atoms with Crippen LogP contribution >= 0.6 is 0 Å². The SMILES string of the molecule is CC(=O)Nc1ccc(NC(=O)c2cccc(NCCCN3CCCC3=O)c2)cc1. The van der Waals surface area contributed by atoms with E-state index in [0.29, 0.717) is 23.4 Å². The Bertz CT molecular complexity index is 880. The van der Waals surface area contributed by atoms with Crippen molar-refractivity contribution in [2.24, 2.45) is 0 Å². The van der Waals surface area contributed by atoms with Gasteiger partial charge in [-0.2, -0.15) is 0 Å². The highest BCUT2D eigenvalue weighted by Crippen LogP contribution is 2.17. The molecule has 7 heteroatoms. The summed E-state index contributed by atoms with van der Waals surface area (Å²) in [6.45, 7) is 3.81. The molecule has 3 rings (SSSR count). The monoisotopic (exact) mass is 394 g/mol. The zero-order chi connectivity index (χ0) is 20.6. The third kappa shape index (κ3) is 6.07. The molecule has 0 aliphatic carbocycles. The summed E-state index contributed by atoms with van der Waals surface area (Å²) in [4.78, 5) is 37.1. The third-order valence-electron chi connectivity index (χ3n) is 4.69. The smallest absolute Gasteiger partial charge is 0.255 e. The zero-order valence-corrected chi connectivity index (χ0v) is 16.5. The molecule has 152 valence electrons. The van der Waals surface area contributed by atoms with E-state index in [4.69, 9.17) is 0 Å². The Morgan fingerprint density at radius 2 is 1.72 bits per heavy atom. The van der Waals surface area contributed by atoms with Gasteiger partial charge in [0.15, 0.2) is 0 Å². The molecular weight excluding hydrogens is 368 g/mol. The summed E-state index contributed by atoms with van der Waals surface area (Å²) in [7, 11) is 0. The molecule has 2 aromatic carbocycles. The Kier molecular flexibility index (Phi) is 6.84. The van der Waals surface area contributed by atoms with Gasteiger partial charge in [0.2, 0.25) is 11.8 Å². The van der Waals surface area contributed by atoms with Gasteiger partial charge in [-0.3, -0.25) is 14.4 Å². The highest BCUT2D eigenvalue weighted by atomic mass is 16.2. The number of likely N-dealkylation sites (tertiary alicyclic amines) is 1. The number of rotatable bonds is 8. The van der Waals surface area contributed by atoms with Gasteiger partial charge < -0.3 is 20.9 Å². The van der Waals surface area contributed by atoms with Crippen molar-refractivity contribution in [1.29, 1.82) is 0 Å². The largest absolute Gasteiger partial charge is 0.385 e. The van der Waals surface area contributed by atoms with Crippen LogP contribution in [0.1, 0.15) is 36.5 Å². The van der Waals surface area contributed by atoms with E-state index in [2.05, 4.69) is 16.0 Å². The number of benzene rings is 2. The van der Waals surface area contributed by atoms with E-state index < -0.39 is 0 Å². The van der Waals surface area contributed by atoms with Gasteiger partial charge >= 0.3 is 0 Å². The third-order valence-corrected chi connectivity index (χ3v) is 4.69. The average Bonchev–Trinajstić information content (AvgIpc) is 3.11. The van der Waals surface area contributed by atoms with Gasteiger partial charge in [0.25, 0.3) is 5.91 Å². The second-order valence-corrected chi connectivity index (χ2v) is 7.06. The lowest BCUT2D eigenvalue weighted by atomic mass is 10.1. The summed E-state index contributed by atoms with van der Waals surface area (Å²) in [5, 5.41) is 8.85. The van der Waals surface area contributed by atoms with Crippen LogP contribution in [0.4, 0.5) is 17.1 Å². The highest BCUT2D eigenvalue weighted by molar-refractivity contribution is 6.05. The number of hydrogen-bond donors (Lipinski definition) is 3. The molecule has 1 heterocycles. The van der Waals surface area contributed by atoms with Crippen molar-refractivity contribution in [3.05, 3.63) is 54.1 Å². The first-order chi connectivity index (χ1) is 14.0. The minimum atomic E-state index is -0.205. The first-order valence-electron chi connectivity index (χ1n) is 9.82. The number of nitrogens with one attached hydrogen (secondary N) is 3. The number of hydrogen-bond acceptors (Lipinski definition) is 4. The quantitative estimate of drug-likeness (QED) is 0.599. The molecule has 0 radical (unpaired) electrons. The Balaban J connectivity index is 1.49. The normalized spacial score (nSPS) is 13.3. The zero-order valence-electron chi connectivity index (χ0n) is 16.5. The molecule has 0 spiro atoms. The standard InChI is InChI=1S/C22H26N4O3/c1-16(27)24-18-8-10-19(11-9-18)25-22(29)17-5-2-6-20(15-17)23-12-4-14-26-13-3-7-21(26)28/h2,5-6,8-11,15,23H,3-4,7,12-14H2,1H3,(H,24,27)(H,25,29). The minimum absolute atomic E-state index is 0.141. The summed E-state index contributed by atoms with van der Waals surface area (Å²) in [6.07, 6.45) is 2.49.